The summed E-state index contributed by atoms with van der Waals surface area (Å²) in [5.41, 5.74) is 8.29. The summed E-state index contributed by atoms with van der Waals surface area (Å²) >= 11 is 0. The van der Waals surface area contributed by atoms with Gasteiger partial charge in [0.25, 0.3) is 0 Å². The zero-order valence-corrected chi connectivity index (χ0v) is 12.1. The van der Waals surface area contributed by atoms with E-state index in [4.69, 9.17) is 5.73 Å². The monoisotopic (exact) mass is 259 g/mol. The predicted molar refractivity (Wildman–Crippen MR) is 79.2 cm³/mol. The minimum atomic E-state index is -0.652. The average molecular weight is 259 g/mol. The Kier molecular flexibility index (Phi) is 4.41. The molecule has 0 saturated carbocycles. The van der Waals surface area contributed by atoms with E-state index >= 15 is 0 Å². The van der Waals surface area contributed by atoms with Crippen molar-refractivity contribution in [1.82, 2.24) is 0 Å². The maximum Gasteiger partial charge on any atom is 0.152 e. The highest BCUT2D eigenvalue weighted by molar-refractivity contribution is 5.88. The normalized spacial score (nSPS) is 21.5. The molecule has 0 aromatic heterocycles. The van der Waals surface area contributed by atoms with Gasteiger partial charge in [0.2, 0.25) is 0 Å². The van der Waals surface area contributed by atoms with Crippen LogP contribution in [0.1, 0.15) is 63.0 Å². The number of Topliss-reactive ketones (excluding diaryl/α,β-unsaturated/α-hetero) is 1. The molecule has 2 N–H and O–H groups in total. The van der Waals surface area contributed by atoms with E-state index in [0.717, 1.165) is 25.7 Å². The van der Waals surface area contributed by atoms with Gasteiger partial charge in [-0.2, -0.15) is 0 Å². The summed E-state index contributed by atoms with van der Waals surface area (Å²) in [6, 6.07) is 8.54. The highest BCUT2D eigenvalue weighted by Crippen LogP contribution is 2.35. The van der Waals surface area contributed by atoms with Gasteiger partial charge < -0.3 is 5.73 Å². The third-order valence-corrected chi connectivity index (χ3v) is 4.33. The minimum absolute atomic E-state index is 0.219. The van der Waals surface area contributed by atoms with Gasteiger partial charge in [-0.05, 0) is 49.7 Å². The SMILES string of the molecule is CCCC(C)(N)C(=O)CC1CCCc2ccccc21. The molecule has 0 saturated heterocycles. The maximum absolute atomic E-state index is 12.4. The van der Waals surface area contributed by atoms with Crippen molar-refractivity contribution in [2.45, 2.75) is 63.8 Å². The second-order valence-electron chi connectivity index (χ2n) is 6.08. The summed E-state index contributed by atoms with van der Waals surface area (Å²) in [6.07, 6.45) is 5.79. The van der Waals surface area contributed by atoms with Crippen molar-refractivity contribution in [2.24, 2.45) is 5.73 Å². The summed E-state index contributed by atoms with van der Waals surface area (Å²) < 4.78 is 0. The molecule has 104 valence electrons. The molecule has 1 aliphatic carbocycles. The molecule has 0 bridgehead atoms. The number of aryl methyl sites for hydroxylation is 1. The number of fused-ring (bicyclic) bond motifs is 1. The molecule has 2 nitrogen and oxygen atoms in total. The van der Waals surface area contributed by atoms with Crippen LogP contribution in [-0.4, -0.2) is 11.3 Å². The number of carbonyl (C=O) groups excluding carboxylic acids is 1. The average Bonchev–Trinajstić information content (AvgIpc) is 2.39. The van der Waals surface area contributed by atoms with E-state index in [1.54, 1.807) is 0 Å². The molecule has 19 heavy (non-hydrogen) atoms. The molecule has 0 aliphatic heterocycles. The Morgan fingerprint density at radius 2 is 2.16 bits per heavy atom. The Bertz CT molecular complexity index is 450. The second-order valence-corrected chi connectivity index (χ2v) is 6.08. The molecule has 0 radical (unpaired) electrons. The molecule has 2 heteroatoms. The lowest BCUT2D eigenvalue weighted by Crippen LogP contribution is -2.45. The standard InChI is InChI=1S/C17H25NO/c1-3-11-17(2,18)16(19)12-14-9-6-8-13-7-4-5-10-15(13)14/h4-5,7,10,14H,3,6,8-9,11-12,18H2,1-2H3. The molecule has 0 heterocycles. The number of nitrogens with two attached hydrogens (primary N) is 1. The molecule has 1 aliphatic rings. The van der Waals surface area contributed by atoms with Crippen LogP contribution in [0, 0.1) is 0 Å². The quantitative estimate of drug-likeness (QED) is 0.878. The fraction of sp³-hybridized carbons (Fsp3) is 0.588. The molecule has 2 atom stereocenters. The Morgan fingerprint density at radius 1 is 1.42 bits per heavy atom. The van der Waals surface area contributed by atoms with Crippen LogP contribution in [0.3, 0.4) is 0 Å². The van der Waals surface area contributed by atoms with Crippen molar-refractivity contribution in [3.05, 3.63) is 35.4 Å². The first-order valence-corrected chi connectivity index (χ1v) is 7.44. The molecular weight excluding hydrogens is 234 g/mol. The van der Waals surface area contributed by atoms with Crippen LogP contribution in [0.4, 0.5) is 0 Å². The van der Waals surface area contributed by atoms with E-state index in [9.17, 15) is 4.79 Å². The van der Waals surface area contributed by atoms with Crippen LogP contribution in [0.5, 0.6) is 0 Å². The predicted octanol–water partition coefficient (Wildman–Crippen LogP) is 3.58. The van der Waals surface area contributed by atoms with E-state index in [-0.39, 0.29) is 5.78 Å². The third-order valence-electron chi connectivity index (χ3n) is 4.33. The zero-order valence-electron chi connectivity index (χ0n) is 12.1. The smallest absolute Gasteiger partial charge is 0.152 e. The largest absolute Gasteiger partial charge is 0.319 e. The molecule has 2 rings (SSSR count). The lowest BCUT2D eigenvalue weighted by molar-refractivity contribution is -0.124. The number of ketones is 1. The van der Waals surface area contributed by atoms with Crippen LogP contribution in [0.2, 0.25) is 0 Å². The molecule has 2 unspecified atom stereocenters. The Hall–Kier alpha value is -1.15. The first-order valence-electron chi connectivity index (χ1n) is 7.44. The van der Waals surface area contributed by atoms with E-state index in [1.807, 2.05) is 6.92 Å². The first-order chi connectivity index (χ1) is 9.04. The molecule has 1 aromatic carbocycles. The van der Waals surface area contributed by atoms with Gasteiger partial charge in [0.1, 0.15) is 0 Å². The van der Waals surface area contributed by atoms with Gasteiger partial charge in [0, 0.05) is 6.42 Å². The van der Waals surface area contributed by atoms with Crippen molar-refractivity contribution in [2.75, 3.05) is 0 Å². The van der Waals surface area contributed by atoms with Gasteiger partial charge >= 0.3 is 0 Å². The number of hydrogen-bond acceptors (Lipinski definition) is 2. The van der Waals surface area contributed by atoms with Gasteiger partial charge in [-0.1, -0.05) is 37.6 Å². The third kappa shape index (κ3) is 3.24. The lowest BCUT2D eigenvalue weighted by Gasteiger charge is -2.29. The molecule has 0 fully saturated rings. The Morgan fingerprint density at radius 3 is 2.89 bits per heavy atom. The van der Waals surface area contributed by atoms with Crippen molar-refractivity contribution in [1.29, 1.82) is 0 Å². The number of benzene rings is 1. The summed E-state index contributed by atoms with van der Waals surface area (Å²) in [5, 5.41) is 0. The fourth-order valence-electron chi connectivity index (χ4n) is 3.18. The molecule has 1 aromatic rings. The minimum Gasteiger partial charge on any atom is -0.319 e. The molecular formula is C17H25NO. The van der Waals surface area contributed by atoms with E-state index < -0.39 is 5.54 Å². The Labute approximate surface area is 116 Å². The molecule has 0 spiro atoms. The van der Waals surface area contributed by atoms with Crippen LogP contribution >= 0.6 is 0 Å². The van der Waals surface area contributed by atoms with Gasteiger partial charge in [-0.15, -0.1) is 0 Å². The highest BCUT2D eigenvalue weighted by atomic mass is 16.1. The summed E-state index contributed by atoms with van der Waals surface area (Å²) in [7, 11) is 0. The summed E-state index contributed by atoms with van der Waals surface area (Å²) in [5.74, 6) is 0.591. The first kappa shape index (κ1) is 14.3. The lowest BCUT2D eigenvalue weighted by atomic mass is 9.77. The number of carbonyl (C=O) groups is 1. The zero-order chi connectivity index (χ0) is 13.9. The van der Waals surface area contributed by atoms with Crippen molar-refractivity contribution in [3.8, 4) is 0 Å². The van der Waals surface area contributed by atoms with Crippen molar-refractivity contribution in [3.63, 3.8) is 0 Å². The van der Waals surface area contributed by atoms with Gasteiger partial charge in [0.15, 0.2) is 5.78 Å². The fourth-order valence-corrected chi connectivity index (χ4v) is 3.18. The van der Waals surface area contributed by atoms with Crippen molar-refractivity contribution >= 4 is 5.78 Å². The second kappa shape index (κ2) is 5.87. The van der Waals surface area contributed by atoms with Gasteiger partial charge in [-0.25, -0.2) is 0 Å². The van der Waals surface area contributed by atoms with Crippen LogP contribution in [0.25, 0.3) is 0 Å². The summed E-state index contributed by atoms with van der Waals surface area (Å²) in [4.78, 5) is 12.4. The van der Waals surface area contributed by atoms with Crippen LogP contribution in [-0.2, 0) is 11.2 Å². The molecule has 0 amide bonds. The topological polar surface area (TPSA) is 43.1 Å². The number of hydrogen-bond donors (Lipinski definition) is 1. The van der Waals surface area contributed by atoms with Crippen LogP contribution in [0.15, 0.2) is 24.3 Å². The van der Waals surface area contributed by atoms with E-state index in [1.165, 1.54) is 17.5 Å². The number of rotatable bonds is 5. The van der Waals surface area contributed by atoms with Crippen LogP contribution < -0.4 is 5.73 Å². The summed E-state index contributed by atoms with van der Waals surface area (Å²) in [6.45, 7) is 3.96. The maximum atomic E-state index is 12.4. The van der Waals surface area contributed by atoms with E-state index in [0.29, 0.717) is 12.3 Å². The highest BCUT2D eigenvalue weighted by Gasteiger charge is 2.31. The van der Waals surface area contributed by atoms with Gasteiger partial charge in [0.05, 0.1) is 5.54 Å². The Balaban J connectivity index is 2.11. The van der Waals surface area contributed by atoms with E-state index in [2.05, 4.69) is 31.2 Å². The van der Waals surface area contributed by atoms with Gasteiger partial charge in [-0.3, -0.25) is 4.79 Å². The van der Waals surface area contributed by atoms with Crippen molar-refractivity contribution < 1.29 is 4.79 Å².